The van der Waals surface area contributed by atoms with Gasteiger partial charge < -0.3 is 33.8 Å². The topological polar surface area (TPSA) is 237 Å². The van der Waals surface area contributed by atoms with Crippen LogP contribution in [0.1, 0.15) is 331 Å². The maximum atomic E-state index is 13.0. The molecule has 0 aliphatic rings. The summed E-state index contributed by atoms with van der Waals surface area (Å²) in [6, 6.07) is 0. The molecule has 0 spiro atoms. The van der Waals surface area contributed by atoms with Crippen LogP contribution >= 0.6 is 15.6 Å². The molecule has 87 heavy (non-hydrogen) atoms. The third-order valence-corrected chi connectivity index (χ3v) is 17.8. The van der Waals surface area contributed by atoms with Crippen molar-refractivity contribution >= 4 is 39.5 Å². The van der Waals surface area contributed by atoms with E-state index in [1.54, 1.807) is 0 Å². The Kier molecular flexibility index (Phi) is 56.6. The lowest BCUT2D eigenvalue weighted by molar-refractivity contribution is -0.161. The summed E-state index contributed by atoms with van der Waals surface area (Å²) in [7, 11) is -9.90. The number of phosphoric ester groups is 2. The van der Waals surface area contributed by atoms with Crippen LogP contribution in [0.2, 0.25) is 0 Å². The summed E-state index contributed by atoms with van der Waals surface area (Å²) in [5.41, 5.74) is 0. The number of ether oxygens (including phenoxy) is 4. The zero-order valence-electron chi connectivity index (χ0n) is 56.6. The highest BCUT2D eigenvalue weighted by atomic mass is 31.2. The minimum absolute atomic E-state index is 0.102. The summed E-state index contributed by atoms with van der Waals surface area (Å²) < 4.78 is 68.1. The van der Waals surface area contributed by atoms with Crippen molar-refractivity contribution in [1.29, 1.82) is 0 Å². The second-order valence-corrected chi connectivity index (χ2v) is 29.1. The summed E-state index contributed by atoms with van der Waals surface area (Å²) in [5.74, 6) is 0.790. The van der Waals surface area contributed by atoms with Crippen molar-refractivity contribution < 1.29 is 80.2 Å². The molecular weight excluding hydrogens is 1150 g/mol. The molecule has 516 valence electrons. The molecule has 3 unspecified atom stereocenters. The minimum atomic E-state index is -4.95. The fourth-order valence-electron chi connectivity index (χ4n) is 10.1. The van der Waals surface area contributed by atoms with Crippen LogP contribution in [0.4, 0.5) is 0 Å². The van der Waals surface area contributed by atoms with E-state index in [2.05, 4.69) is 55.4 Å². The van der Waals surface area contributed by atoms with E-state index >= 15 is 0 Å². The van der Waals surface area contributed by atoms with Gasteiger partial charge in [-0.15, -0.1) is 0 Å². The zero-order valence-corrected chi connectivity index (χ0v) is 58.4. The van der Waals surface area contributed by atoms with Crippen LogP contribution < -0.4 is 0 Å². The minimum Gasteiger partial charge on any atom is -0.462 e. The largest absolute Gasteiger partial charge is 0.472 e. The van der Waals surface area contributed by atoms with Gasteiger partial charge in [-0.1, -0.05) is 280 Å². The summed E-state index contributed by atoms with van der Waals surface area (Å²) in [6.45, 7) is 14.0. The number of phosphoric acid groups is 2. The molecule has 0 aliphatic carbocycles. The number of carbonyl (C=O) groups is 4. The summed E-state index contributed by atoms with van der Waals surface area (Å²) >= 11 is 0. The fourth-order valence-corrected chi connectivity index (χ4v) is 11.7. The van der Waals surface area contributed by atoms with Crippen LogP contribution in [-0.2, 0) is 65.4 Å². The first-order valence-electron chi connectivity index (χ1n) is 35.2. The van der Waals surface area contributed by atoms with Gasteiger partial charge in [0.1, 0.15) is 19.3 Å². The molecule has 0 aromatic heterocycles. The number of hydrogen-bond donors (Lipinski definition) is 3. The number of esters is 4. The lowest BCUT2D eigenvalue weighted by atomic mass is 10.00. The first-order chi connectivity index (χ1) is 41.6. The molecule has 0 amide bonds. The number of rotatable bonds is 65. The SMILES string of the molecule is CCC(C)CCCCCCCCC(=O)OC[C@H](COP(=O)(O)OC[C@H](O)COP(=O)(O)OC[C@@H](COC(=O)CCCCCCCCCCCCCCCC(C)C)OC(=O)CCCCCCCCC(C)C)OC(=O)CCCCCCCCCCCC(C)C. The maximum Gasteiger partial charge on any atom is 0.472 e. The highest BCUT2D eigenvalue weighted by molar-refractivity contribution is 7.47. The first-order valence-corrected chi connectivity index (χ1v) is 38.2. The fraction of sp³-hybridized carbons (Fsp3) is 0.941. The number of aliphatic hydroxyl groups excluding tert-OH is 1. The predicted octanol–water partition coefficient (Wildman–Crippen LogP) is 18.9. The Morgan fingerprint density at radius 1 is 0.322 bits per heavy atom. The molecule has 0 saturated heterocycles. The van der Waals surface area contributed by atoms with Crippen molar-refractivity contribution in [3.63, 3.8) is 0 Å². The number of unbranched alkanes of at least 4 members (excludes halogenated alkanes) is 30. The van der Waals surface area contributed by atoms with Crippen molar-refractivity contribution in [1.82, 2.24) is 0 Å². The van der Waals surface area contributed by atoms with Crippen molar-refractivity contribution in [3.05, 3.63) is 0 Å². The molecule has 0 bridgehead atoms. The molecule has 3 N–H and O–H groups in total. The van der Waals surface area contributed by atoms with E-state index in [1.165, 1.54) is 128 Å². The van der Waals surface area contributed by atoms with Crippen LogP contribution in [0.3, 0.4) is 0 Å². The second-order valence-electron chi connectivity index (χ2n) is 26.2. The number of carbonyl (C=O) groups excluding carboxylic acids is 4. The highest BCUT2D eigenvalue weighted by Crippen LogP contribution is 2.45. The smallest absolute Gasteiger partial charge is 0.462 e. The molecule has 0 aromatic carbocycles. The quantitative estimate of drug-likeness (QED) is 0.0222. The summed E-state index contributed by atoms with van der Waals surface area (Å²) in [4.78, 5) is 72.4. The van der Waals surface area contributed by atoms with E-state index in [4.69, 9.17) is 37.0 Å². The number of aliphatic hydroxyl groups is 1. The van der Waals surface area contributed by atoms with Gasteiger partial charge in [0.15, 0.2) is 12.2 Å². The molecule has 6 atom stereocenters. The molecule has 0 fully saturated rings. The average Bonchev–Trinajstić information content (AvgIpc) is 3.68. The first kappa shape index (κ1) is 85.1. The molecule has 17 nitrogen and oxygen atoms in total. The van der Waals surface area contributed by atoms with E-state index in [-0.39, 0.29) is 25.7 Å². The van der Waals surface area contributed by atoms with Crippen LogP contribution in [-0.4, -0.2) is 96.7 Å². The van der Waals surface area contributed by atoms with Crippen LogP contribution in [0.5, 0.6) is 0 Å². The second kappa shape index (κ2) is 57.9. The monoisotopic (exact) mass is 1280 g/mol. The normalized spacial score (nSPS) is 14.6. The van der Waals surface area contributed by atoms with Gasteiger partial charge in [0.05, 0.1) is 26.4 Å². The average molecular weight is 1280 g/mol. The van der Waals surface area contributed by atoms with E-state index in [0.717, 1.165) is 114 Å². The van der Waals surface area contributed by atoms with Crippen molar-refractivity contribution in [2.24, 2.45) is 23.7 Å². The van der Waals surface area contributed by atoms with Gasteiger partial charge in [-0.2, -0.15) is 0 Å². The van der Waals surface area contributed by atoms with E-state index in [9.17, 15) is 43.2 Å². The molecule has 0 radical (unpaired) electrons. The summed E-state index contributed by atoms with van der Waals surface area (Å²) in [5, 5.41) is 10.6. The Bertz CT molecular complexity index is 1730. The van der Waals surface area contributed by atoms with Gasteiger partial charge in [-0.3, -0.25) is 37.3 Å². The van der Waals surface area contributed by atoms with Crippen LogP contribution in [0.15, 0.2) is 0 Å². The molecule has 0 aromatic rings. The zero-order chi connectivity index (χ0) is 64.7. The van der Waals surface area contributed by atoms with Gasteiger partial charge in [0, 0.05) is 25.7 Å². The van der Waals surface area contributed by atoms with Gasteiger partial charge in [-0.25, -0.2) is 9.13 Å². The van der Waals surface area contributed by atoms with Crippen molar-refractivity contribution in [2.45, 2.75) is 350 Å². The lowest BCUT2D eigenvalue weighted by Gasteiger charge is -2.21. The molecule has 0 heterocycles. The van der Waals surface area contributed by atoms with Crippen molar-refractivity contribution in [3.8, 4) is 0 Å². The van der Waals surface area contributed by atoms with E-state index < -0.39 is 97.5 Å². The summed E-state index contributed by atoms with van der Waals surface area (Å²) in [6.07, 6.45) is 39.2. The van der Waals surface area contributed by atoms with Gasteiger partial charge >= 0.3 is 39.5 Å². The Labute approximate surface area is 530 Å². The Morgan fingerprint density at radius 2 is 0.552 bits per heavy atom. The Morgan fingerprint density at radius 3 is 0.816 bits per heavy atom. The number of hydrogen-bond acceptors (Lipinski definition) is 15. The highest BCUT2D eigenvalue weighted by Gasteiger charge is 2.30. The molecular formula is C68H132O17P2. The molecule has 0 saturated carbocycles. The predicted molar refractivity (Wildman–Crippen MR) is 349 cm³/mol. The third-order valence-electron chi connectivity index (χ3n) is 15.9. The van der Waals surface area contributed by atoms with Crippen LogP contribution in [0, 0.1) is 23.7 Å². The third kappa shape index (κ3) is 61.3. The van der Waals surface area contributed by atoms with Crippen molar-refractivity contribution in [2.75, 3.05) is 39.6 Å². The molecule has 0 rings (SSSR count). The standard InChI is InChI=1S/C68H132O17P2/c1-9-61(8)47-39-31-25-27-33-41-49-66(71)79-55-63(84-67(72)50-42-34-23-19-15-17-21-29-37-45-59(4)5)56-82-86(74,75)80-52-62(69)53-81-87(76,77)83-57-64(85-68(73)51-43-35-26-24-30-38-46-60(6)7)54-78-65(70)48-40-32-22-18-14-12-10-11-13-16-20-28-36-44-58(2)3/h58-64,69H,9-57H2,1-8H3,(H,74,75)(H,76,77)/t61?,62-,63+,64+/m0/s1. The van der Waals surface area contributed by atoms with E-state index in [0.29, 0.717) is 31.6 Å². The maximum absolute atomic E-state index is 13.0. The van der Waals surface area contributed by atoms with E-state index in [1.807, 2.05) is 0 Å². The Balaban J connectivity index is 5.21. The molecule has 19 heteroatoms. The van der Waals surface area contributed by atoms with Gasteiger partial charge in [0.25, 0.3) is 0 Å². The van der Waals surface area contributed by atoms with Gasteiger partial charge in [0.2, 0.25) is 0 Å². The lowest BCUT2D eigenvalue weighted by Crippen LogP contribution is -2.30. The Hall–Kier alpha value is -1.94. The molecule has 0 aliphatic heterocycles. The van der Waals surface area contributed by atoms with Crippen LogP contribution in [0.25, 0.3) is 0 Å². The van der Waals surface area contributed by atoms with Gasteiger partial charge in [-0.05, 0) is 49.4 Å².